The van der Waals surface area contributed by atoms with Gasteiger partial charge in [0.15, 0.2) is 0 Å². The summed E-state index contributed by atoms with van der Waals surface area (Å²) in [7, 11) is 2.07. The Labute approximate surface area is 76.6 Å². The van der Waals surface area contributed by atoms with E-state index in [0.29, 0.717) is 0 Å². The highest BCUT2D eigenvalue weighted by Gasteiger charge is 2.01. The highest BCUT2D eigenvalue weighted by atomic mass is 16.3. The Hall–Kier alpha value is -0.0800. The van der Waals surface area contributed by atoms with E-state index in [1.54, 1.807) is 0 Å². The van der Waals surface area contributed by atoms with E-state index in [0.717, 1.165) is 13.1 Å². The van der Waals surface area contributed by atoms with Crippen LogP contribution in [0.15, 0.2) is 0 Å². The molecule has 0 heterocycles. The molecule has 0 aromatic carbocycles. The number of hydrogen-bond donors (Lipinski definition) is 1. The Morgan fingerprint density at radius 1 is 1.25 bits per heavy atom. The van der Waals surface area contributed by atoms with E-state index in [1.807, 2.05) is 6.92 Å². The molecule has 0 saturated heterocycles. The van der Waals surface area contributed by atoms with Crippen LogP contribution < -0.4 is 0 Å². The molecule has 0 amide bonds. The first-order valence-electron chi connectivity index (χ1n) is 5.03. The summed E-state index contributed by atoms with van der Waals surface area (Å²) in [6.07, 6.45) is 5.02. The smallest absolute Gasteiger partial charge is 0.0638 e. The number of rotatable bonds is 7. The Kier molecular flexibility index (Phi) is 7.51. The van der Waals surface area contributed by atoms with Crippen LogP contribution in [0.2, 0.25) is 0 Å². The molecule has 0 aromatic heterocycles. The molecule has 12 heavy (non-hydrogen) atoms. The summed E-state index contributed by atoms with van der Waals surface area (Å²) in [6, 6.07) is 0. The lowest BCUT2D eigenvalue weighted by Gasteiger charge is -2.17. The van der Waals surface area contributed by atoms with Crippen LogP contribution in [0.3, 0.4) is 0 Å². The average molecular weight is 173 g/mol. The lowest BCUT2D eigenvalue weighted by atomic mass is 10.2. The molecule has 1 N–H and O–H groups in total. The molecule has 2 nitrogen and oxygen atoms in total. The maximum Gasteiger partial charge on any atom is 0.0638 e. The van der Waals surface area contributed by atoms with Crippen molar-refractivity contribution in [3.05, 3.63) is 0 Å². The number of unbranched alkanes of at least 4 members (excludes halogenated alkanes) is 3. The van der Waals surface area contributed by atoms with Gasteiger partial charge in [-0.25, -0.2) is 0 Å². The summed E-state index contributed by atoms with van der Waals surface area (Å²) in [4.78, 5) is 2.19. The van der Waals surface area contributed by atoms with Gasteiger partial charge >= 0.3 is 0 Å². The first kappa shape index (κ1) is 11.9. The quantitative estimate of drug-likeness (QED) is 0.594. The van der Waals surface area contributed by atoms with Gasteiger partial charge in [0.1, 0.15) is 0 Å². The minimum atomic E-state index is -0.193. The van der Waals surface area contributed by atoms with Gasteiger partial charge in [-0.3, -0.25) is 0 Å². The van der Waals surface area contributed by atoms with Crippen LogP contribution in [0.4, 0.5) is 0 Å². The lowest BCUT2D eigenvalue weighted by Crippen LogP contribution is -2.28. The molecule has 0 saturated carbocycles. The van der Waals surface area contributed by atoms with E-state index in [-0.39, 0.29) is 6.10 Å². The first-order chi connectivity index (χ1) is 5.66. The van der Waals surface area contributed by atoms with Crippen LogP contribution >= 0.6 is 0 Å². The molecule has 0 bridgehead atoms. The monoisotopic (exact) mass is 173 g/mol. The molecule has 0 aliphatic carbocycles. The molecule has 0 fully saturated rings. The van der Waals surface area contributed by atoms with Gasteiger partial charge in [-0.05, 0) is 26.9 Å². The van der Waals surface area contributed by atoms with Crippen molar-refractivity contribution in [1.29, 1.82) is 0 Å². The molecule has 0 radical (unpaired) electrons. The first-order valence-corrected chi connectivity index (χ1v) is 5.03. The summed E-state index contributed by atoms with van der Waals surface area (Å²) in [6.45, 7) is 5.97. The molecule has 2 heteroatoms. The maximum atomic E-state index is 9.08. The standard InChI is InChI=1S/C10H23NO/c1-4-5-6-7-8-11(3)9-10(2)12/h10,12H,4-9H2,1-3H3. The fraction of sp³-hybridized carbons (Fsp3) is 1.00. The number of aliphatic hydroxyl groups excluding tert-OH is 1. The summed E-state index contributed by atoms with van der Waals surface area (Å²) in [5, 5.41) is 9.08. The SMILES string of the molecule is CCCCCCN(C)CC(C)O. The predicted molar refractivity (Wildman–Crippen MR) is 53.3 cm³/mol. The number of likely N-dealkylation sites (N-methyl/N-ethyl adjacent to an activating group) is 1. The minimum Gasteiger partial charge on any atom is -0.392 e. The summed E-state index contributed by atoms with van der Waals surface area (Å²) in [5.41, 5.74) is 0. The molecule has 0 spiro atoms. The van der Waals surface area contributed by atoms with Gasteiger partial charge in [0, 0.05) is 6.54 Å². The molecule has 74 valence electrons. The van der Waals surface area contributed by atoms with E-state index in [1.165, 1.54) is 25.7 Å². The van der Waals surface area contributed by atoms with Crippen molar-refractivity contribution in [1.82, 2.24) is 4.90 Å². The average Bonchev–Trinajstić information content (AvgIpc) is 1.97. The van der Waals surface area contributed by atoms with E-state index in [2.05, 4.69) is 18.9 Å². The third-order valence-electron chi connectivity index (χ3n) is 1.97. The number of hydrogen-bond acceptors (Lipinski definition) is 2. The van der Waals surface area contributed by atoms with Crippen LogP contribution in [0.5, 0.6) is 0 Å². The summed E-state index contributed by atoms with van der Waals surface area (Å²) < 4.78 is 0. The van der Waals surface area contributed by atoms with Crippen molar-refractivity contribution in [3.8, 4) is 0 Å². The molecular formula is C10H23NO. The fourth-order valence-electron chi connectivity index (χ4n) is 1.35. The van der Waals surface area contributed by atoms with Crippen LogP contribution in [-0.2, 0) is 0 Å². The van der Waals surface area contributed by atoms with Crippen molar-refractivity contribution in [2.45, 2.75) is 45.6 Å². The Balaban J connectivity index is 3.14. The molecule has 0 aliphatic heterocycles. The van der Waals surface area contributed by atoms with Gasteiger partial charge in [0.05, 0.1) is 6.10 Å². The highest BCUT2D eigenvalue weighted by Crippen LogP contribution is 2.00. The summed E-state index contributed by atoms with van der Waals surface area (Å²) in [5.74, 6) is 0. The summed E-state index contributed by atoms with van der Waals surface area (Å²) >= 11 is 0. The van der Waals surface area contributed by atoms with Gasteiger partial charge in [-0.15, -0.1) is 0 Å². The zero-order valence-electron chi connectivity index (χ0n) is 8.71. The molecular weight excluding hydrogens is 150 g/mol. The van der Waals surface area contributed by atoms with Gasteiger partial charge < -0.3 is 10.0 Å². The predicted octanol–water partition coefficient (Wildman–Crippen LogP) is 1.88. The van der Waals surface area contributed by atoms with E-state index >= 15 is 0 Å². The topological polar surface area (TPSA) is 23.5 Å². The van der Waals surface area contributed by atoms with Crippen molar-refractivity contribution in [2.75, 3.05) is 20.1 Å². The van der Waals surface area contributed by atoms with Crippen molar-refractivity contribution in [3.63, 3.8) is 0 Å². The Morgan fingerprint density at radius 2 is 1.92 bits per heavy atom. The van der Waals surface area contributed by atoms with Crippen molar-refractivity contribution >= 4 is 0 Å². The number of nitrogens with zero attached hydrogens (tertiary/aromatic N) is 1. The third kappa shape index (κ3) is 8.02. The Bertz CT molecular complexity index is 93.8. The second-order valence-corrected chi connectivity index (χ2v) is 3.67. The number of aliphatic hydroxyl groups is 1. The molecule has 0 aliphatic rings. The largest absolute Gasteiger partial charge is 0.392 e. The van der Waals surface area contributed by atoms with Crippen molar-refractivity contribution < 1.29 is 5.11 Å². The van der Waals surface area contributed by atoms with E-state index in [4.69, 9.17) is 5.11 Å². The Morgan fingerprint density at radius 3 is 2.42 bits per heavy atom. The van der Waals surface area contributed by atoms with E-state index in [9.17, 15) is 0 Å². The van der Waals surface area contributed by atoms with Crippen LogP contribution in [0, 0.1) is 0 Å². The van der Waals surface area contributed by atoms with Gasteiger partial charge in [-0.1, -0.05) is 26.2 Å². The zero-order chi connectivity index (χ0) is 9.40. The zero-order valence-corrected chi connectivity index (χ0v) is 8.71. The van der Waals surface area contributed by atoms with Gasteiger partial charge in [0.25, 0.3) is 0 Å². The second-order valence-electron chi connectivity index (χ2n) is 3.67. The maximum absolute atomic E-state index is 9.08. The van der Waals surface area contributed by atoms with Gasteiger partial charge in [-0.2, -0.15) is 0 Å². The normalized spacial score (nSPS) is 13.8. The van der Waals surface area contributed by atoms with Gasteiger partial charge in [0.2, 0.25) is 0 Å². The molecule has 1 unspecified atom stereocenters. The molecule has 0 aromatic rings. The van der Waals surface area contributed by atoms with Crippen LogP contribution in [0.25, 0.3) is 0 Å². The van der Waals surface area contributed by atoms with Crippen LogP contribution in [0.1, 0.15) is 39.5 Å². The molecule has 0 rings (SSSR count). The van der Waals surface area contributed by atoms with Crippen molar-refractivity contribution in [2.24, 2.45) is 0 Å². The lowest BCUT2D eigenvalue weighted by molar-refractivity contribution is 0.140. The highest BCUT2D eigenvalue weighted by molar-refractivity contribution is 4.55. The second kappa shape index (κ2) is 7.56. The van der Waals surface area contributed by atoms with E-state index < -0.39 is 0 Å². The molecule has 1 atom stereocenters. The fourth-order valence-corrected chi connectivity index (χ4v) is 1.35. The third-order valence-corrected chi connectivity index (χ3v) is 1.97. The van der Waals surface area contributed by atoms with Crippen LogP contribution in [-0.4, -0.2) is 36.2 Å². The minimum absolute atomic E-state index is 0.193.